The fourth-order valence-electron chi connectivity index (χ4n) is 0.972. The van der Waals surface area contributed by atoms with Crippen molar-refractivity contribution in [2.24, 2.45) is 5.92 Å². The minimum atomic E-state index is 0.782. The van der Waals surface area contributed by atoms with Crippen LogP contribution in [0.15, 0.2) is 11.6 Å². The molecule has 0 bridgehead atoms. The molecule has 0 fully saturated rings. The van der Waals surface area contributed by atoms with E-state index in [1.807, 2.05) is 13.0 Å². The maximum Gasteiger partial charge on any atom is 0.0911 e. The van der Waals surface area contributed by atoms with Gasteiger partial charge in [-0.1, -0.05) is 25.8 Å². The summed E-state index contributed by atoms with van der Waals surface area (Å²) < 4.78 is 0. The van der Waals surface area contributed by atoms with Gasteiger partial charge in [0, 0.05) is 6.08 Å². The summed E-state index contributed by atoms with van der Waals surface area (Å²) in [4.78, 5) is 0. The van der Waals surface area contributed by atoms with E-state index >= 15 is 0 Å². The maximum absolute atomic E-state index is 8.32. The lowest BCUT2D eigenvalue weighted by atomic mass is 10.0. The first-order valence-corrected chi connectivity index (χ1v) is 4.22. The summed E-state index contributed by atoms with van der Waals surface area (Å²) in [6.45, 7) is 6.47. The van der Waals surface area contributed by atoms with Gasteiger partial charge in [0.05, 0.1) is 6.07 Å². The predicted octanol–water partition coefficient (Wildman–Crippen LogP) is 3.28. The smallest absolute Gasteiger partial charge is 0.0911 e. The largest absolute Gasteiger partial charge is 0.193 e. The van der Waals surface area contributed by atoms with E-state index in [1.54, 1.807) is 6.08 Å². The van der Waals surface area contributed by atoms with Crippen molar-refractivity contribution >= 4 is 0 Å². The van der Waals surface area contributed by atoms with E-state index in [0.29, 0.717) is 0 Å². The van der Waals surface area contributed by atoms with E-state index in [0.717, 1.165) is 12.3 Å². The van der Waals surface area contributed by atoms with Crippen molar-refractivity contribution in [3.63, 3.8) is 0 Å². The molecule has 0 amide bonds. The van der Waals surface area contributed by atoms with Crippen LogP contribution >= 0.6 is 0 Å². The minimum Gasteiger partial charge on any atom is -0.193 e. The van der Waals surface area contributed by atoms with Crippen LogP contribution in [0, 0.1) is 17.2 Å². The first-order valence-electron chi connectivity index (χ1n) is 4.22. The van der Waals surface area contributed by atoms with Gasteiger partial charge in [0.15, 0.2) is 0 Å². The first kappa shape index (κ1) is 10.2. The number of allylic oxidation sites excluding steroid dienone is 2. The van der Waals surface area contributed by atoms with Crippen LogP contribution in [0.5, 0.6) is 0 Å². The van der Waals surface area contributed by atoms with Gasteiger partial charge in [0.1, 0.15) is 0 Å². The van der Waals surface area contributed by atoms with Crippen LogP contribution in [0.1, 0.15) is 40.0 Å². The van der Waals surface area contributed by atoms with E-state index in [2.05, 4.69) is 13.8 Å². The molecule has 0 aromatic carbocycles. The van der Waals surface area contributed by atoms with Crippen molar-refractivity contribution in [3.05, 3.63) is 11.6 Å². The zero-order valence-corrected chi connectivity index (χ0v) is 7.72. The van der Waals surface area contributed by atoms with Gasteiger partial charge < -0.3 is 0 Å². The molecule has 0 unspecified atom stereocenters. The van der Waals surface area contributed by atoms with Gasteiger partial charge in [-0.05, 0) is 25.7 Å². The highest BCUT2D eigenvalue weighted by Crippen LogP contribution is 2.10. The van der Waals surface area contributed by atoms with Crippen molar-refractivity contribution in [1.82, 2.24) is 0 Å². The second kappa shape index (κ2) is 5.97. The summed E-state index contributed by atoms with van der Waals surface area (Å²) in [7, 11) is 0. The quantitative estimate of drug-likeness (QED) is 0.566. The fraction of sp³-hybridized carbons (Fsp3) is 0.700. The van der Waals surface area contributed by atoms with Crippen LogP contribution in [-0.4, -0.2) is 0 Å². The molecule has 0 atom stereocenters. The maximum atomic E-state index is 8.32. The second-order valence-electron chi connectivity index (χ2n) is 3.41. The molecule has 0 N–H and O–H groups in total. The third-order valence-corrected chi connectivity index (χ3v) is 1.66. The van der Waals surface area contributed by atoms with Gasteiger partial charge >= 0.3 is 0 Å². The summed E-state index contributed by atoms with van der Waals surface area (Å²) in [5.41, 5.74) is 1.20. The van der Waals surface area contributed by atoms with Crippen molar-refractivity contribution < 1.29 is 0 Å². The Kier molecular flexibility index (Phi) is 5.56. The molecule has 0 aliphatic carbocycles. The highest BCUT2D eigenvalue weighted by Gasteiger charge is 1.94. The third kappa shape index (κ3) is 7.12. The molecule has 0 saturated heterocycles. The van der Waals surface area contributed by atoms with Crippen LogP contribution in [0.2, 0.25) is 0 Å². The first-order chi connectivity index (χ1) is 5.16. The van der Waals surface area contributed by atoms with Gasteiger partial charge in [0.2, 0.25) is 0 Å². The zero-order chi connectivity index (χ0) is 8.69. The van der Waals surface area contributed by atoms with Crippen molar-refractivity contribution in [2.75, 3.05) is 0 Å². The third-order valence-electron chi connectivity index (χ3n) is 1.66. The zero-order valence-electron chi connectivity index (χ0n) is 7.72. The molecule has 1 heteroatoms. The number of nitriles is 1. The molecule has 0 saturated carbocycles. The molecule has 0 aromatic rings. The van der Waals surface area contributed by atoms with Crippen LogP contribution < -0.4 is 0 Å². The van der Waals surface area contributed by atoms with Gasteiger partial charge in [-0.2, -0.15) is 5.26 Å². The molecular formula is C10H17N. The van der Waals surface area contributed by atoms with Gasteiger partial charge in [-0.25, -0.2) is 0 Å². The predicted molar refractivity (Wildman–Crippen MR) is 48.1 cm³/mol. The molecule has 0 radical (unpaired) electrons. The lowest BCUT2D eigenvalue weighted by Gasteiger charge is -2.02. The summed E-state index contributed by atoms with van der Waals surface area (Å²) in [6, 6.07) is 2.04. The molecule has 11 heavy (non-hydrogen) atoms. The molecule has 0 aliphatic rings. The standard InChI is InChI=1S/C10H17N/c1-9(2)5-4-6-10(3)7-8-11/h7,9H,4-6H2,1-3H3/b10-7-. The Morgan fingerprint density at radius 3 is 2.64 bits per heavy atom. The Bertz CT molecular complexity index is 160. The van der Waals surface area contributed by atoms with Crippen LogP contribution in [0.4, 0.5) is 0 Å². The fourth-order valence-corrected chi connectivity index (χ4v) is 0.972. The van der Waals surface area contributed by atoms with Crippen LogP contribution in [0.25, 0.3) is 0 Å². The van der Waals surface area contributed by atoms with Crippen LogP contribution in [-0.2, 0) is 0 Å². The molecule has 0 spiro atoms. The molecule has 62 valence electrons. The molecule has 0 aromatic heterocycles. The highest BCUT2D eigenvalue weighted by molar-refractivity contribution is 5.10. The Morgan fingerprint density at radius 1 is 1.55 bits per heavy atom. The number of rotatable bonds is 4. The van der Waals surface area contributed by atoms with Crippen molar-refractivity contribution in [2.45, 2.75) is 40.0 Å². The lowest BCUT2D eigenvalue weighted by Crippen LogP contribution is -1.87. The number of hydrogen-bond donors (Lipinski definition) is 0. The topological polar surface area (TPSA) is 23.8 Å². The number of nitrogens with zero attached hydrogens (tertiary/aromatic N) is 1. The van der Waals surface area contributed by atoms with Gasteiger partial charge in [-0.3, -0.25) is 0 Å². The SMILES string of the molecule is C/C(=C/C#N)CCCC(C)C. The molecular weight excluding hydrogens is 134 g/mol. The van der Waals surface area contributed by atoms with Gasteiger partial charge in [0.25, 0.3) is 0 Å². The highest BCUT2D eigenvalue weighted by atomic mass is 14.2. The summed E-state index contributed by atoms with van der Waals surface area (Å²) in [5, 5.41) is 8.32. The number of hydrogen-bond acceptors (Lipinski definition) is 1. The normalized spacial score (nSPS) is 11.7. The van der Waals surface area contributed by atoms with Crippen LogP contribution in [0.3, 0.4) is 0 Å². The second-order valence-corrected chi connectivity index (χ2v) is 3.41. The molecule has 0 rings (SSSR count). The van der Waals surface area contributed by atoms with E-state index in [9.17, 15) is 0 Å². The Labute approximate surface area is 69.7 Å². The summed E-state index contributed by atoms with van der Waals surface area (Å²) in [5.74, 6) is 0.782. The Hall–Kier alpha value is -0.770. The van der Waals surface area contributed by atoms with Crippen molar-refractivity contribution in [1.29, 1.82) is 5.26 Å². The average molecular weight is 151 g/mol. The van der Waals surface area contributed by atoms with Gasteiger partial charge in [-0.15, -0.1) is 0 Å². The molecule has 0 heterocycles. The van der Waals surface area contributed by atoms with E-state index in [4.69, 9.17) is 5.26 Å². The van der Waals surface area contributed by atoms with E-state index < -0.39 is 0 Å². The molecule has 0 aliphatic heterocycles. The summed E-state index contributed by atoms with van der Waals surface area (Å²) >= 11 is 0. The average Bonchev–Trinajstić information content (AvgIpc) is 1.87. The molecule has 1 nitrogen and oxygen atoms in total. The Balaban J connectivity index is 3.41. The minimum absolute atomic E-state index is 0.782. The summed E-state index contributed by atoms with van der Waals surface area (Å²) in [6.07, 6.45) is 5.18. The lowest BCUT2D eigenvalue weighted by molar-refractivity contribution is 0.555. The monoisotopic (exact) mass is 151 g/mol. The van der Waals surface area contributed by atoms with E-state index in [-0.39, 0.29) is 0 Å². The van der Waals surface area contributed by atoms with Crippen molar-refractivity contribution in [3.8, 4) is 6.07 Å². The van der Waals surface area contributed by atoms with E-state index in [1.165, 1.54) is 18.4 Å². The Morgan fingerprint density at radius 2 is 2.18 bits per heavy atom.